The minimum Gasteiger partial charge on any atom is -0.331 e. The molecule has 0 saturated carbocycles. The summed E-state index contributed by atoms with van der Waals surface area (Å²) >= 11 is 0. The molecule has 0 heterocycles. The third kappa shape index (κ3) is 5.89. The summed E-state index contributed by atoms with van der Waals surface area (Å²) in [7, 11) is 1.95. The average Bonchev–Trinajstić information content (AvgIpc) is 2.08. The molecule has 0 unspecified atom stereocenters. The molecule has 0 aliphatic heterocycles. The van der Waals surface area contributed by atoms with E-state index in [-0.39, 0.29) is 0 Å². The van der Waals surface area contributed by atoms with Gasteiger partial charge in [-0.1, -0.05) is 37.3 Å². The Morgan fingerprint density at radius 2 is 1.75 bits per heavy atom. The maximum Gasteiger partial charge on any atom is 0.0202 e. The molecule has 0 bridgehead atoms. The van der Waals surface area contributed by atoms with Crippen LogP contribution in [0.3, 0.4) is 0 Å². The number of rotatable bonds is 2. The Labute approximate surface area is 74.8 Å². The summed E-state index contributed by atoms with van der Waals surface area (Å²) in [6, 6.07) is 10.3. The maximum atomic E-state index is 4.85. The zero-order chi connectivity index (χ0) is 9.23. The van der Waals surface area contributed by atoms with Crippen LogP contribution in [0.15, 0.2) is 30.3 Å². The Balaban J connectivity index is 0.000000354. The first-order valence-corrected chi connectivity index (χ1v) is 4.23. The molecule has 0 amide bonds. The van der Waals surface area contributed by atoms with Gasteiger partial charge in [0, 0.05) is 6.54 Å². The predicted octanol–water partition coefficient (Wildman–Crippen LogP) is 1.37. The van der Waals surface area contributed by atoms with Crippen LogP contribution in [0.4, 0.5) is 0 Å². The first-order valence-electron chi connectivity index (χ1n) is 4.23. The highest BCUT2D eigenvalue weighted by atomic mass is 14.8. The van der Waals surface area contributed by atoms with Crippen LogP contribution in [-0.2, 0) is 6.54 Å². The van der Waals surface area contributed by atoms with Crippen molar-refractivity contribution in [1.29, 1.82) is 0 Å². The second-order valence-electron chi connectivity index (χ2n) is 2.42. The zero-order valence-electron chi connectivity index (χ0n) is 7.88. The van der Waals surface area contributed by atoms with Crippen molar-refractivity contribution in [3.05, 3.63) is 35.9 Å². The minimum absolute atomic E-state index is 0.750. The van der Waals surface area contributed by atoms with E-state index in [0.29, 0.717) is 0 Å². The van der Waals surface area contributed by atoms with Crippen LogP contribution in [0, 0.1) is 0 Å². The average molecular weight is 166 g/mol. The summed E-state index contributed by atoms with van der Waals surface area (Å²) in [6.45, 7) is 3.61. The SMILES string of the molecule is CCN.CNCc1ccccc1. The standard InChI is InChI=1S/C8H11N.C2H7N/c1-9-7-8-5-3-2-4-6-8;1-2-3/h2-6,9H,7H2,1H3;2-3H2,1H3. The van der Waals surface area contributed by atoms with E-state index in [2.05, 4.69) is 17.4 Å². The van der Waals surface area contributed by atoms with E-state index in [9.17, 15) is 0 Å². The van der Waals surface area contributed by atoms with Gasteiger partial charge in [0.15, 0.2) is 0 Å². The first kappa shape index (κ1) is 11.1. The molecule has 0 aliphatic carbocycles. The van der Waals surface area contributed by atoms with Gasteiger partial charge in [-0.2, -0.15) is 0 Å². The van der Waals surface area contributed by atoms with Crippen molar-refractivity contribution in [2.24, 2.45) is 5.73 Å². The van der Waals surface area contributed by atoms with E-state index in [1.54, 1.807) is 0 Å². The Morgan fingerprint density at radius 3 is 2.17 bits per heavy atom. The molecule has 0 saturated heterocycles. The molecule has 2 nitrogen and oxygen atoms in total. The minimum atomic E-state index is 0.750. The first-order chi connectivity index (χ1) is 5.85. The number of nitrogens with one attached hydrogen (secondary N) is 1. The fourth-order valence-corrected chi connectivity index (χ4v) is 0.800. The summed E-state index contributed by atoms with van der Waals surface area (Å²) in [5.41, 5.74) is 6.18. The molecule has 1 aromatic carbocycles. The van der Waals surface area contributed by atoms with Gasteiger partial charge in [0.1, 0.15) is 0 Å². The third-order valence-electron chi connectivity index (χ3n) is 1.22. The molecule has 0 radical (unpaired) electrons. The molecule has 1 aromatic rings. The highest BCUT2D eigenvalue weighted by Gasteiger charge is 1.83. The second-order valence-corrected chi connectivity index (χ2v) is 2.42. The largest absolute Gasteiger partial charge is 0.331 e. The normalized spacial score (nSPS) is 8.58. The van der Waals surface area contributed by atoms with Crippen molar-refractivity contribution in [1.82, 2.24) is 5.32 Å². The fraction of sp³-hybridized carbons (Fsp3) is 0.400. The van der Waals surface area contributed by atoms with Crippen LogP contribution >= 0.6 is 0 Å². The number of nitrogens with two attached hydrogens (primary N) is 1. The summed E-state index contributed by atoms with van der Waals surface area (Å²) < 4.78 is 0. The van der Waals surface area contributed by atoms with Crippen LogP contribution in [0.5, 0.6) is 0 Å². The molecule has 2 heteroatoms. The molecule has 0 spiro atoms. The number of hydrogen-bond donors (Lipinski definition) is 2. The Bertz CT molecular complexity index is 172. The van der Waals surface area contributed by atoms with Crippen LogP contribution in [0.1, 0.15) is 12.5 Å². The van der Waals surface area contributed by atoms with E-state index in [1.807, 2.05) is 32.2 Å². The fourth-order valence-electron chi connectivity index (χ4n) is 0.800. The van der Waals surface area contributed by atoms with Gasteiger partial charge in [0.2, 0.25) is 0 Å². The van der Waals surface area contributed by atoms with Gasteiger partial charge in [-0.15, -0.1) is 0 Å². The molecule has 1 rings (SSSR count). The Hall–Kier alpha value is -0.860. The van der Waals surface area contributed by atoms with Crippen molar-refractivity contribution in [3.8, 4) is 0 Å². The van der Waals surface area contributed by atoms with E-state index in [0.717, 1.165) is 13.1 Å². The molecule has 0 aliphatic rings. The van der Waals surface area contributed by atoms with Crippen molar-refractivity contribution < 1.29 is 0 Å². The Kier molecular flexibility index (Phi) is 7.65. The molecule has 3 N–H and O–H groups in total. The molecule has 0 atom stereocenters. The molecule has 12 heavy (non-hydrogen) atoms. The third-order valence-corrected chi connectivity index (χ3v) is 1.22. The van der Waals surface area contributed by atoms with E-state index in [1.165, 1.54) is 5.56 Å². The highest BCUT2D eigenvalue weighted by molar-refractivity contribution is 5.13. The molecule has 0 fully saturated rings. The van der Waals surface area contributed by atoms with Crippen molar-refractivity contribution in [2.45, 2.75) is 13.5 Å². The van der Waals surface area contributed by atoms with Crippen LogP contribution in [-0.4, -0.2) is 13.6 Å². The lowest BCUT2D eigenvalue weighted by molar-refractivity contribution is 0.818. The zero-order valence-corrected chi connectivity index (χ0v) is 7.88. The molecule has 0 aromatic heterocycles. The van der Waals surface area contributed by atoms with Crippen molar-refractivity contribution >= 4 is 0 Å². The molecule has 68 valence electrons. The van der Waals surface area contributed by atoms with Gasteiger partial charge in [0.25, 0.3) is 0 Å². The van der Waals surface area contributed by atoms with Gasteiger partial charge < -0.3 is 11.1 Å². The van der Waals surface area contributed by atoms with Crippen molar-refractivity contribution in [2.75, 3.05) is 13.6 Å². The summed E-state index contributed by atoms with van der Waals surface area (Å²) in [5, 5.41) is 3.08. The Morgan fingerprint density at radius 1 is 1.25 bits per heavy atom. The van der Waals surface area contributed by atoms with E-state index >= 15 is 0 Å². The van der Waals surface area contributed by atoms with Crippen LogP contribution in [0.2, 0.25) is 0 Å². The van der Waals surface area contributed by atoms with Gasteiger partial charge in [-0.05, 0) is 19.2 Å². The maximum absolute atomic E-state index is 4.85. The lowest BCUT2D eigenvalue weighted by atomic mass is 10.2. The second kappa shape index (κ2) is 8.24. The van der Waals surface area contributed by atoms with E-state index in [4.69, 9.17) is 5.73 Å². The van der Waals surface area contributed by atoms with E-state index < -0.39 is 0 Å². The smallest absolute Gasteiger partial charge is 0.0202 e. The van der Waals surface area contributed by atoms with Crippen molar-refractivity contribution in [3.63, 3.8) is 0 Å². The predicted molar refractivity (Wildman–Crippen MR) is 53.9 cm³/mol. The summed E-state index contributed by atoms with van der Waals surface area (Å²) in [5.74, 6) is 0. The number of hydrogen-bond acceptors (Lipinski definition) is 2. The topological polar surface area (TPSA) is 38.0 Å². The molecular formula is C10H18N2. The van der Waals surface area contributed by atoms with Crippen LogP contribution in [0.25, 0.3) is 0 Å². The summed E-state index contributed by atoms with van der Waals surface area (Å²) in [6.07, 6.45) is 0. The van der Waals surface area contributed by atoms with Gasteiger partial charge >= 0.3 is 0 Å². The lowest BCUT2D eigenvalue weighted by Gasteiger charge is -1.95. The summed E-state index contributed by atoms with van der Waals surface area (Å²) in [4.78, 5) is 0. The lowest BCUT2D eigenvalue weighted by Crippen LogP contribution is -2.04. The highest BCUT2D eigenvalue weighted by Crippen LogP contribution is 1.95. The molecular weight excluding hydrogens is 148 g/mol. The van der Waals surface area contributed by atoms with Crippen LogP contribution < -0.4 is 11.1 Å². The quantitative estimate of drug-likeness (QED) is 0.696. The van der Waals surface area contributed by atoms with Gasteiger partial charge in [-0.3, -0.25) is 0 Å². The van der Waals surface area contributed by atoms with Gasteiger partial charge in [0.05, 0.1) is 0 Å². The number of benzene rings is 1. The monoisotopic (exact) mass is 166 g/mol. The van der Waals surface area contributed by atoms with Gasteiger partial charge in [-0.25, -0.2) is 0 Å².